The molecule has 254 valence electrons. The molecule has 3 heterocycles. The number of nitrogens with two attached hydrogens (primary N) is 2. The standard InChI is InChI=1S/C30H35ClN10O6S/c1-39-16-19(14-23(39)27(43)34-11-12-35-30(32)33)37-29(45)24-15-20(17-40(24)2)36-28(44)22-8-9-25(41(22)3)38-26(42)18-4-6-21(7-5-18)48(46,47)13-10-31/h4-9,14-17H,10-13H2,1-3H3,(H,34,43)(H,36,44)(H,37,45)(H,38,42)(H4,32,33,35). The quantitative estimate of drug-likeness (QED) is 0.0517. The zero-order chi connectivity index (χ0) is 35.2. The highest BCUT2D eigenvalue weighted by atomic mass is 35.5. The van der Waals surface area contributed by atoms with Crippen molar-refractivity contribution in [3.8, 4) is 0 Å². The highest BCUT2D eigenvalue weighted by molar-refractivity contribution is 7.91. The summed E-state index contributed by atoms with van der Waals surface area (Å²) in [5.74, 6) is -1.86. The van der Waals surface area contributed by atoms with E-state index < -0.39 is 27.6 Å². The van der Waals surface area contributed by atoms with Crippen LogP contribution in [0.4, 0.5) is 17.2 Å². The van der Waals surface area contributed by atoms with Crippen LogP contribution in [0.3, 0.4) is 0 Å². The highest BCUT2D eigenvalue weighted by Gasteiger charge is 2.20. The fourth-order valence-electron chi connectivity index (χ4n) is 4.64. The number of alkyl halides is 1. The van der Waals surface area contributed by atoms with Crippen LogP contribution in [0.2, 0.25) is 0 Å². The van der Waals surface area contributed by atoms with Crippen LogP contribution in [-0.4, -0.2) is 76.4 Å². The largest absolute Gasteiger partial charge is 0.370 e. The van der Waals surface area contributed by atoms with E-state index in [9.17, 15) is 27.6 Å². The monoisotopic (exact) mass is 698 g/mol. The predicted molar refractivity (Wildman–Crippen MR) is 182 cm³/mol. The molecular weight excluding hydrogens is 664 g/mol. The van der Waals surface area contributed by atoms with E-state index in [1.807, 2.05) is 0 Å². The van der Waals surface area contributed by atoms with Crippen molar-refractivity contribution in [1.82, 2.24) is 19.0 Å². The average molecular weight is 699 g/mol. The van der Waals surface area contributed by atoms with E-state index in [1.165, 1.54) is 51.6 Å². The smallest absolute Gasteiger partial charge is 0.272 e. The Bertz CT molecular complexity index is 1990. The van der Waals surface area contributed by atoms with E-state index in [1.54, 1.807) is 44.2 Å². The number of aromatic nitrogens is 3. The van der Waals surface area contributed by atoms with E-state index >= 15 is 0 Å². The molecule has 0 fully saturated rings. The number of anilines is 3. The maximum absolute atomic E-state index is 13.1. The molecular formula is C30H35ClN10O6S. The minimum atomic E-state index is -3.54. The van der Waals surface area contributed by atoms with Crippen molar-refractivity contribution in [3.63, 3.8) is 0 Å². The van der Waals surface area contributed by atoms with Gasteiger partial charge in [-0.2, -0.15) is 0 Å². The van der Waals surface area contributed by atoms with Gasteiger partial charge in [0.2, 0.25) is 0 Å². The summed E-state index contributed by atoms with van der Waals surface area (Å²) in [6.07, 6.45) is 3.15. The number of rotatable bonds is 13. The lowest BCUT2D eigenvalue weighted by Gasteiger charge is -2.10. The molecule has 3 aromatic heterocycles. The molecule has 0 saturated heterocycles. The van der Waals surface area contributed by atoms with Crippen LogP contribution in [0.15, 0.2) is 70.8 Å². The number of amides is 4. The lowest BCUT2D eigenvalue weighted by atomic mass is 10.2. The Balaban J connectivity index is 1.37. The van der Waals surface area contributed by atoms with Gasteiger partial charge in [-0.05, 0) is 48.5 Å². The number of aliphatic imine (C=N–C) groups is 1. The van der Waals surface area contributed by atoms with E-state index in [0.29, 0.717) is 22.9 Å². The Morgan fingerprint density at radius 3 is 1.90 bits per heavy atom. The fourth-order valence-corrected chi connectivity index (χ4v) is 6.24. The van der Waals surface area contributed by atoms with Gasteiger partial charge in [-0.25, -0.2) is 8.42 Å². The molecule has 0 aliphatic carbocycles. The van der Waals surface area contributed by atoms with Crippen molar-refractivity contribution >= 4 is 68.2 Å². The first-order valence-electron chi connectivity index (χ1n) is 14.3. The number of sulfone groups is 1. The number of benzene rings is 1. The zero-order valence-corrected chi connectivity index (χ0v) is 27.9. The molecule has 4 amide bonds. The van der Waals surface area contributed by atoms with Crippen molar-refractivity contribution in [2.45, 2.75) is 4.90 Å². The molecule has 0 saturated carbocycles. The van der Waals surface area contributed by atoms with Gasteiger partial charge in [-0.3, -0.25) is 24.2 Å². The summed E-state index contributed by atoms with van der Waals surface area (Å²) in [5.41, 5.74) is 12.3. The minimum Gasteiger partial charge on any atom is -0.370 e. The van der Waals surface area contributed by atoms with Gasteiger partial charge in [0.1, 0.15) is 22.9 Å². The summed E-state index contributed by atoms with van der Waals surface area (Å²) >= 11 is 5.56. The minimum absolute atomic E-state index is 0.0439. The number of nitrogens with one attached hydrogen (secondary N) is 4. The highest BCUT2D eigenvalue weighted by Crippen LogP contribution is 2.20. The van der Waals surface area contributed by atoms with Crippen molar-refractivity contribution in [3.05, 3.63) is 83.6 Å². The lowest BCUT2D eigenvalue weighted by molar-refractivity contribution is 0.0944. The second kappa shape index (κ2) is 14.9. The molecule has 16 nitrogen and oxygen atoms in total. The summed E-state index contributed by atoms with van der Waals surface area (Å²) in [4.78, 5) is 55.4. The number of carbonyl (C=O) groups is 4. The van der Waals surface area contributed by atoms with E-state index in [2.05, 4.69) is 26.3 Å². The van der Waals surface area contributed by atoms with Crippen molar-refractivity contribution in [2.24, 2.45) is 37.6 Å². The van der Waals surface area contributed by atoms with Gasteiger partial charge in [0.15, 0.2) is 15.8 Å². The van der Waals surface area contributed by atoms with Crippen LogP contribution in [0, 0.1) is 0 Å². The molecule has 4 rings (SSSR count). The van der Waals surface area contributed by atoms with Crippen LogP contribution in [0.1, 0.15) is 41.8 Å². The van der Waals surface area contributed by atoms with Crippen molar-refractivity contribution in [1.29, 1.82) is 0 Å². The molecule has 0 radical (unpaired) electrons. The Morgan fingerprint density at radius 1 is 0.771 bits per heavy atom. The molecule has 1 aromatic carbocycles. The maximum Gasteiger partial charge on any atom is 0.272 e. The lowest BCUT2D eigenvalue weighted by Crippen LogP contribution is -2.29. The molecule has 0 aliphatic heterocycles. The first kappa shape index (κ1) is 35.3. The number of aryl methyl sites for hydroxylation is 2. The number of hydrogen-bond acceptors (Lipinski definition) is 7. The molecule has 0 spiro atoms. The summed E-state index contributed by atoms with van der Waals surface area (Å²) in [5, 5.41) is 10.9. The Labute approximate surface area is 281 Å². The SMILES string of the molecule is Cn1cc(NC(=O)c2cc(NC(=O)c3ccc(NC(=O)c4ccc(S(=O)(=O)CCCl)cc4)n3C)cn2C)cc1C(=O)NCCN=C(N)N. The molecule has 0 bridgehead atoms. The van der Waals surface area contributed by atoms with Gasteiger partial charge in [0.05, 0.1) is 28.6 Å². The van der Waals surface area contributed by atoms with E-state index in [-0.39, 0.29) is 58.4 Å². The molecule has 8 N–H and O–H groups in total. The van der Waals surface area contributed by atoms with Crippen molar-refractivity contribution < 1.29 is 27.6 Å². The number of halogens is 1. The van der Waals surface area contributed by atoms with Gasteiger partial charge in [0.25, 0.3) is 23.6 Å². The van der Waals surface area contributed by atoms with Gasteiger partial charge in [-0.1, -0.05) is 0 Å². The number of guanidine groups is 1. The van der Waals surface area contributed by atoms with Crippen LogP contribution < -0.4 is 32.7 Å². The summed E-state index contributed by atoms with van der Waals surface area (Å²) < 4.78 is 28.9. The number of carbonyl (C=O) groups excluding carboxylic acids is 4. The van der Waals surface area contributed by atoms with E-state index in [0.717, 1.165) is 0 Å². The fraction of sp³-hybridized carbons (Fsp3) is 0.233. The van der Waals surface area contributed by atoms with Crippen LogP contribution in [0.25, 0.3) is 0 Å². The van der Waals surface area contributed by atoms with Gasteiger partial charge in [0, 0.05) is 51.5 Å². The molecule has 18 heteroatoms. The predicted octanol–water partition coefficient (Wildman–Crippen LogP) is 1.47. The Kier molecular flexibility index (Phi) is 11.0. The van der Waals surface area contributed by atoms with Crippen molar-refractivity contribution in [2.75, 3.05) is 40.7 Å². The van der Waals surface area contributed by atoms with Gasteiger partial charge >= 0.3 is 0 Å². The summed E-state index contributed by atoms with van der Waals surface area (Å²) in [6.45, 7) is 0.444. The van der Waals surface area contributed by atoms with Crippen LogP contribution in [-0.2, 0) is 31.0 Å². The first-order chi connectivity index (χ1) is 22.7. The topological polar surface area (TPSA) is 230 Å². The molecule has 48 heavy (non-hydrogen) atoms. The second-order valence-electron chi connectivity index (χ2n) is 10.6. The first-order valence-corrected chi connectivity index (χ1v) is 16.5. The normalized spacial score (nSPS) is 11.1. The maximum atomic E-state index is 13.1. The van der Waals surface area contributed by atoms with Crippen LogP contribution in [0.5, 0.6) is 0 Å². The number of hydrogen-bond donors (Lipinski definition) is 6. The van der Waals surface area contributed by atoms with Crippen LogP contribution >= 0.6 is 11.6 Å². The zero-order valence-electron chi connectivity index (χ0n) is 26.3. The summed E-state index contributed by atoms with van der Waals surface area (Å²) in [7, 11) is 1.35. The third-order valence-corrected chi connectivity index (χ3v) is 9.25. The third kappa shape index (κ3) is 8.42. The number of nitrogens with zero attached hydrogens (tertiary/aromatic N) is 4. The average Bonchev–Trinajstić information content (AvgIpc) is 3.70. The van der Waals surface area contributed by atoms with Gasteiger partial charge in [-0.15, -0.1) is 11.6 Å². The van der Waals surface area contributed by atoms with E-state index in [4.69, 9.17) is 23.1 Å². The van der Waals surface area contributed by atoms with Gasteiger partial charge < -0.3 is 46.4 Å². The second-order valence-corrected chi connectivity index (χ2v) is 13.1. The molecule has 0 unspecified atom stereocenters. The molecule has 0 aliphatic rings. The summed E-state index contributed by atoms with van der Waals surface area (Å²) in [6, 6.07) is 11.5. The molecule has 0 atom stereocenters. The third-order valence-electron chi connectivity index (χ3n) is 7.10. The Hall–Kier alpha value is -5.55. The molecule has 4 aromatic rings. The Morgan fingerprint density at radius 2 is 1.33 bits per heavy atom.